The molecule has 88 valence electrons. The Balaban J connectivity index is 2.39. The van der Waals surface area contributed by atoms with Gasteiger partial charge in [-0.1, -0.05) is 35.4 Å². The lowest BCUT2D eigenvalue weighted by atomic mass is 9.98. The van der Waals surface area contributed by atoms with Gasteiger partial charge in [0.05, 0.1) is 0 Å². The van der Waals surface area contributed by atoms with Gasteiger partial charge < -0.3 is 5.11 Å². The summed E-state index contributed by atoms with van der Waals surface area (Å²) in [4.78, 5) is 4.12. The van der Waals surface area contributed by atoms with E-state index in [9.17, 15) is 5.11 Å². The fourth-order valence-corrected chi connectivity index (χ4v) is 2.09. The van der Waals surface area contributed by atoms with Crippen molar-refractivity contribution in [2.24, 2.45) is 0 Å². The maximum absolute atomic E-state index is 10.3. The normalized spacial score (nSPS) is 12.5. The molecule has 0 saturated carbocycles. The summed E-state index contributed by atoms with van der Waals surface area (Å²) < 4.78 is 0. The highest BCUT2D eigenvalue weighted by atomic mass is 16.3. The van der Waals surface area contributed by atoms with E-state index in [1.807, 2.05) is 39.0 Å². The van der Waals surface area contributed by atoms with E-state index in [0.717, 1.165) is 16.7 Å². The molecule has 0 amide bonds. The van der Waals surface area contributed by atoms with Crippen molar-refractivity contribution in [2.75, 3.05) is 0 Å². The number of hydrogen-bond acceptors (Lipinski definition) is 2. The van der Waals surface area contributed by atoms with Crippen LogP contribution in [0.2, 0.25) is 0 Å². The quantitative estimate of drug-likeness (QED) is 0.855. The molecule has 0 saturated heterocycles. The molecule has 0 aliphatic rings. The van der Waals surface area contributed by atoms with Crippen molar-refractivity contribution < 1.29 is 5.11 Å². The Morgan fingerprint density at radius 3 is 2.00 bits per heavy atom. The first kappa shape index (κ1) is 11.8. The lowest BCUT2D eigenvalue weighted by Gasteiger charge is -2.13. The number of aryl methyl sites for hydroxylation is 3. The smallest absolute Gasteiger partial charge is 0.106 e. The van der Waals surface area contributed by atoms with E-state index >= 15 is 0 Å². The number of aliphatic hydroxyl groups excluding tert-OH is 1. The third-order valence-corrected chi connectivity index (χ3v) is 2.77. The molecule has 2 heteroatoms. The van der Waals surface area contributed by atoms with Crippen molar-refractivity contribution >= 4 is 0 Å². The standard InChI is InChI=1S/C15H17NO/c1-10-4-11(2)6-13(5-10)15(17)14-7-12(3)8-16-9-14/h4-9,15,17H,1-3H3. The molecule has 0 aliphatic heterocycles. The van der Waals surface area contributed by atoms with Crippen molar-refractivity contribution in [3.63, 3.8) is 0 Å². The van der Waals surface area contributed by atoms with Crippen LogP contribution < -0.4 is 0 Å². The predicted molar refractivity (Wildman–Crippen MR) is 69.0 cm³/mol. The number of aromatic nitrogens is 1. The summed E-state index contributed by atoms with van der Waals surface area (Å²) in [7, 11) is 0. The van der Waals surface area contributed by atoms with E-state index in [0.29, 0.717) is 0 Å². The predicted octanol–water partition coefficient (Wildman–Crippen LogP) is 3.09. The summed E-state index contributed by atoms with van der Waals surface area (Å²) in [6.45, 7) is 6.06. The molecule has 0 radical (unpaired) electrons. The Bertz CT molecular complexity index is 514. The van der Waals surface area contributed by atoms with Crippen molar-refractivity contribution in [2.45, 2.75) is 26.9 Å². The first-order valence-electron chi connectivity index (χ1n) is 5.74. The molecule has 2 rings (SSSR count). The van der Waals surface area contributed by atoms with Crippen molar-refractivity contribution in [1.82, 2.24) is 4.98 Å². The molecule has 1 unspecified atom stereocenters. The molecule has 1 aromatic heterocycles. The van der Waals surface area contributed by atoms with Crippen molar-refractivity contribution in [3.8, 4) is 0 Å². The highest BCUT2D eigenvalue weighted by molar-refractivity contribution is 5.35. The Kier molecular flexibility index (Phi) is 3.25. The molecule has 1 heterocycles. The van der Waals surface area contributed by atoms with E-state index in [1.165, 1.54) is 11.1 Å². The average molecular weight is 227 g/mol. The molecule has 1 atom stereocenters. The van der Waals surface area contributed by atoms with Gasteiger partial charge in [0, 0.05) is 18.0 Å². The number of hydrogen-bond donors (Lipinski definition) is 1. The van der Waals surface area contributed by atoms with Gasteiger partial charge in [0.15, 0.2) is 0 Å². The van der Waals surface area contributed by atoms with Crippen LogP contribution in [0, 0.1) is 20.8 Å². The minimum atomic E-state index is -0.596. The van der Waals surface area contributed by atoms with Crippen LogP contribution in [0.15, 0.2) is 36.7 Å². The van der Waals surface area contributed by atoms with Gasteiger partial charge in [0.25, 0.3) is 0 Å². The van der Waals surface area contributed by atoms with Crippen LogP contribution in [0.25, 0.3) is 0 Å². The maximum atomic E-state index is 10.3. The van der Waals surface area contributed by atoms with E-state index in [1.54, 1.807) is 12.4 Å². The van der Waals surface area contributed by atoms with Gasteiger partial charge in [-0.2, -0.15) is 0 Å². The van der Waals surface area contributed by atoms with Crippen LogP contribution >= 0.6 is 0 Å². The largest absolute Gasteiger partial charge is 0.384 e. The van der Waals surface area contributed by atoms with Crippen LogP contribution in [-0.4, -0.2) is 10.1 Å². The molecule has 2 aromatic rings. The molecular weight excluding hydrogens is 210 g/mol. The van der Waals surface area contributed by atoms with Gasteiger partial charge in [-0.15, -0.1) is 0 Å². The monoisotopic (exact) mass is 227 g/mol. The molecule has 0 spiro atoms. The summed E-state index contributed by atoms with van der Waals surface area (Å²) in [6.07, 6.45) is 2.91. The van der Waals surface area contributed by atoms with E-state index in [4.69, 9.17) is 0 Å². The molecule has 0 aliphatic carbocycles. The van der Waals surface area contributed by atoms with Crippen molar-refractivity contribution in [1.29, 1.82) is 0 Å². The molecule has 17 heavy (non-hydrogen) atoms. The van der Waals surface area contributed by atoms with Crippen LogP contribution in [0.3, 0.4) is 0 Å². The Morgan fingerprint density at radius 2 is 1.41 bits per heavy atom. The van der Waals surface area contributed by atoms with Crippen LogP contribution in [0.5, 0.6) is 0 Å². The van der Waals surface area contributed by atoms with Crippen LogP contribution in [0.4, 0.5) is 0 Å². The van der Waals surface area contributed by atoms with Gasteiger partial charge in [-0.25, -0.2) is 0 Å². The molecule has 2 nitrogen and oxygen atoms in total. The number of nitrogens with zero attached hydrogens (tertiary/aromatic N) is 1. The zero-order valence-electron chi connectivity index (χ0n) is 10.4. The zero-order chi connectivity index (χ0) is 12.4. The second kappa shape index (κ2) is 4.68. The van der Waals surface area contributed by atoms with Gasteiger partial charge in [0.1, 0.15) is 6.10 Å². The fraction of sp³-hybridized carbons (Fsp3) is 0.267. The van der Waals surface area contributed by atoms with E-state index in [-0.39, 0.29) is 0 Å². The third-order valence-electron chi connectivity index (χ3n) is 2.77. The molecule has 1 aromatic carbocycles. The minimum absolute atomic E-state index is 0.596. The number of rotatable bonds is 2. The third kappa shape index (κ3) is 2.71. The highest BCUT2D eigenvalue weighted by Gasteiger charge is 2.11. The Morgan fingerprint density at radius 1 is 0.824 bits per heavy atom. The second-order valence-corrected chi connectivity index (χ2v) is 4.62. The number of aliphatic hydroxyl groups is 1. The second-order valence-electron chi connectivity index (χ2n) is 4.62. The van der Waals surface area contributed by atoms with Crippen molar-refractivity contribution in [3.05, 3.63) is 64.5 Å². The number of benzene rings is 1. The number of pyridine rings is 1. The minimum Gasteiger partial charge on any atom is -0.384 e. The lowest BCUT2D eigenvalue weighted by Crippen LogP contribution is -2.01. The van der Waals surface area contributed by atoms with E-state index < -0.39 is 6.10 Å². The molecule has 0 fully saturated rings. The Hall–Kier alpha value is -1.67. The fourth-order valence-electron chi connectivity index (χ4n) is 2.09. The average Bonchev–Trinajstić information content (AvgIpc) is 2.26. The summed E-state index contributed by atoms with van der Waals surface area (Å²) >= 11 is 0. The first-order valence-corrected chi connectivity index (χ1v) is 5.74. The topological polar surface area (TPSA) is 33.1 Å². The zero-order valence-corrected chi connectivity index (χ0v) is 10.4. The van der Waals surface area contributed by atoms with Gasteiger partial charge >= 0.3 is 0 Å². The summed E-state index contributed by atoms with van der Waals surface area (Å²) in [6, 6.07) is 8.10. The Labute approximate surface area is 102 Å². The lowest BCUT2D eigenvalue weighted by molar-refractivity contribution is 0.219. The SMILES string of the molecule is Cc1cncc(C(O)c2cc(C)cc(C)c2)c1. The molecule has 1 N–H and O–H groups in total. The molecule has 0 bridgehead atoms. The summed E-state index contributed by atoms with van der Waals surface area (Å²) in [5.41, 5.74) is 5.16. The highest BCUT2D eigenvalue weighted by Crippen LogP contribution is 2.23. The summed E-state index contributed by atoms with van der Waals surface area (Å²) in [5.74, 6) is 0. The first-order chi connectivity index (χ1) is 8.06. The van der Waals surface area contributed by atoms with Crippen LogP contribution in [0.1, 0.15) is 33.9 Å². The van der Waals surface area contributed by atoms with Gasteiger partial charge in [0.2, 0.25) is 0 Å². The molecular formula is C15H17NO. The van der Waals surface area contributed by atoms with Gasteiger partial charge in [-0.05, 0) is 31.9 Å². The van der Waals surface area contributed by atoms with Crippen LogP contribution in [-0.2, 0) is 0 Å². The summed E-state index contributed by atoms with van der Waals surface area (Å²) in [5, 5.41) is 10.3. The van der Waals surface area contributed by atoms with E-state index in [2.05, 4.69) is 11.1 Å². The van der Waals surface area contributed by atoms with Gasteiger partial charge in [-0.3, -0.25) is 4.98 Å². The maximum Gasteiger partial charge on any atom is 0.106 e.